The summed E-state index contributed by atoms with van der Waals surface area (Å²) in [4.78, 5) is 12.7. The van der Waals surface area contributed by atoms with Gasteiger partial charge in [-0.3, -0.25) is 9.10 Å². The number of anilines is 1. The van der Waals surface area contributed by atoms with E-state index >= 15 is 0 Å². The Hall–Kier alpha value is -2.58. The number of carbonyl (C=O) groups excluding carboxylic acids is 1. The second kappa shape index (κ2) is 9.28. The average Bonchev–Trinajstić information content (AvgIpc) is 3.24. The zero-order chi connectivity index (χ0) is 20.9. The minimum absolute atomic E-state index is 0.0210. The third-order valence-electron chi connectivity index (χ3n) is 4.80. The normalized spacial score (nSPS) is 16.4. The highest BCUT2D eigenvalue weighted by atomic mass is 32.2. The number of carbonyl (C=O) groups is 1. The van der Waals surface area contributed by atoms with E-state index in [-0.39, 0.29) is 17.5 Å². The largest absolute Gasteiger partial charge is 0.495 e. The molecule has 1 aliphatic heterocycles. The maximum atomic E-state index is 13.4. The molecule has 1 N–H and O–H groups in total. The molecule has 0 saturated carbocycles. The molecule has 0 unspecified atom stereocenters. The van der Waals surface area contributed by atoms with Gasteiger partial charge in [0.15, 0.2) is 0 Å². The monoisotopic (exact) mass is 418 g/mol. The summed E-state index contributed by atoms with van der Waals surface area (Å²) in [5.74, 6) is -0.0304. The Balaban J connectivity index is 1.89. The van der Waals surface area contributed by atoms with Crippen LogP contribution in [0.25, 0.3) is 0 Å². The predicted octanol–water partition coefficient (Wildman–Crippen LogP) is 2.49. The van der Waals surface area contributed by atoms with Gasteiger partial charge in [-0.25, -0.2) is 8.42 Å². The lowest BCUT2D eigenvalue weighted by Crippen LogP contribution is -2.43. The number of aryl methyl sites for hydroxylation is 1. The van der Waals surface area contributed by atoms with Crippen LogP contribution >= 0.6 is 0 Å². The van der Waals surface area contributed by atoms with Gasteiger partial charge in [0.05, 0.1) is 23.8 Å². The van der Waals surface area contributed by atoms with Gasteiger partial charge in [-0.05, 0) is 44.0 Å². The number of nitrogens with zero attached hydrogens (tertiary/aromatic N) is 1. The van der Waals surface area contributed by atoms with Crippen LogP contribution in [-0.2, 0) is 19.6 Å². The fourth-order valence-electron chi connectivity index (χ4n) is 3.19. The summed E-state index contributed by atoms with van der Waals surface area (Å²) in [5, 5.41) is 2.78. The Morgan fingerprint density at radius 2 is 1.93 bits per heavy atom. The van der Waals surface area contributed by atoms with Crippen molar-refractivity contribution in [3.63, 3.8) is 0 Å². The molecule has 0 aliphatic carbocycles. The van der Waals surface area contributed by atoms with Crippen LogP contribution in [0.15, 0.2) is 53.4 Å². The molecular weight excluding hydrogens is 392 g/mol. The molecular formula is C21H26N2O5S. The van der Waals surface area contributed by atoms with Crippen molar-refractivity contribution >= 4 is 21.6 Å². The van der Waals surface area contributed by atoms with Gasteiger partial charge in [-0.2, -0.15) is 0 Å². The molecule has 1 atom stereocenters. The average molecular weight is 419 g/mol. The van der Waals surface area contributed by atoms with Crippen molar-refractivity contribution < 1.29 is 22.7 Å². The van der Waals surface area contributed by atoms with Gasteiger partial charge in [0, 0.05) is 13.2 Å². The maximum Gasteiger partial charge on any atom is 0.264 e. The number of benzene rings is 2. The second-order valence-corrected chi connectivity index (χ2v) is 8.80. The molecule has 1 saturated heterocycles. The van der Waals surface area contributed by atoms with Gasteiger partial charge in [0.25, 0.3) is 10.0 Å². The number of ether oxygens (including phenoxy) is 2. The Labute approximate surface area is 171 Å². The third kappa shape index (κ3) is 5.07. The van der Waals surface area contributed by atoms with E-state index in [4.69, 9.17) is 9.47 Å². The first-order chi connectivity index (χ1) is 13.9. The highest BCUT2D eigenvalue weighted by molar-refractivity contribution is 7.92. The minimum atomic E-state index is -3.97. The van der Waals surface area contributed by atoms with E-state index in [1.807, 2.05) is 6.92 Å². The quantitative estimate of drug-likeness (QED) is 0.712. The first kappa shape index (κ1) is 21.1. The van der Waals surface area contributed by atoms with Crippen molar-refractivity contribution in [1.82, 2.24) is 5.32 Å². The SMILES string of the molecule is COc1ccccc1N(CC(=O)NC[C@@H]1CCCO1)S(=O)(=O)c1ccc(C)cc1. The molecule has 2 aromatic carbocycles. The Kier molecular flexibility index (Phi) is 6.76. The Morgan fingerprint density at radius 3 is 2.59 bits per heavy atom. The number of hydrogen-bond acceptors (Lipinski definition) is 5. The number of rotatable bonds is 8. The van der Waals surface area contributed by atoms with E-state index in [1.54, 1.807) is 36.4 Å². The lowest BCUT2D eigenvalue weighted by molar-refractivity contribution is -0.120. The van der Waals surface area contributed by atoms with Crippen LogP contribution in [0, 0.1) is 6.92 Å². The van der Waals surface area contributed by atoms with Gasteiger partial charge in [0.2, 0.25) is 5.91 Å². The molecule has 1 heterocycles. The first-order valence-electron chi connectivity index (χ1n) is 9.52. The zero-order valence-corrected chi connectivity index (χ0v) is 17.4. The molecule has 1 amide bonds. The lowest BCUT2D eigenvalue weighted by Gasteiger charge is -2.26. The van der Waals surface area contributed by atoms with E-state index in [2.05, 4.69) is 5.32 Å². The molecule has 8 heteroatoms. The van der Waals surface area contributed by atoms with E-state index in [0.717, 1.165) is 22.7 Å². The zero-order valence-electron chi connectivity index (χ0n) is 16.6. The molecule has 1 aliphatic rings. The second-order valence-electron chi connectivity index (χ2n) is 6.94. The first-order valence-corrected chi connectivity index (χ1v) is 11.0. The van der Waals surface area contributed by atoms with Gasteiger partial charge in [0.1, 0.15) is 12.3 Å². The number of para-hydroxylation sites is 2. The van der Waals surface area contributed by atoms with Crippen LogP contribution in [-0.4, -0.2) is 47.2 Å². The van der Waals surface area contributed by atoms with Crippen molar-refractivity contribution in [3.05, 3.63) is 54.1 Å². The van der Waals surface area contributed by atoms with Crippen LogP contribution < -0.4 is 14.4 Å². The summed E-state index contributed by atoms with van der Waals surface area (Å²) in [6.07, 6.45) is 1.83. The van der Waals surface area contributed by atoms with Gasteiger partial charge >= 0.3 is 0 Å². The molecule has 7 nitrogen and oxygen atoms in total. The molecule has 0 spiro atoms. The summed E-state index contributed by atoms with van der Waals surface area (Å²) in [7, 11) is -2.51. The molecule has 0 radical (unpaired) electrons. The number of nitrogens with one attached hydrogen (secondary N) is 1. The van der Waals surface area contributed by atoms with Crippen molar-refractivity contribution in [3.8, 4) is 5.75 Å². The molecule has 29 heavy (non-hydrogen) atoms. The van der Waals surface area contributed by atoms with Crippen LogP contribution in [0.3, 0.4) is 0 Å². The van der Waals surface area contributed by atoms with Crippen LogP contribution in [0.1, 0.15) is 18.4 Å². The van der Waals surface area contributed by atoms with E-state index < -0.39 is 15.9 Å². The van der Waals surface area contributed by atoms with Crippen LogP contribution in [0.2, 0.25) is 0 Å². The van der Waals surface area contributed by atoms with Gasteiger partial charge < -0.3 is 14.8 Å². The van der Waals surface area contributed by atoms with Crippen molar-refractivity contribution in [1.29, 1.82) is 0 Å². The highest BCUT2D eigenvalue weighted by Gasteiger charge is 2.29. The van der Waals surface area contributed by atoms with E-state index in [1.165, 1.54) is 19.2 Å². The highest BCUT2D eigenvalue weighted by Crippen LogP contribution is 2.32. The number of amides is 1. The van der Waals surface area contributed by atoms with Crippen LogP contribution in [0.5, 0.6) is 5.75 Å². The molecule has 1 fully saturated rings. The Bertz CT molecular complexity index is 938. The number of sulfonamides is 1. The summed E-state index contributed by atoms with van der Waals surface area (Å²) in [5.41, 5.74) is 1.25. The predicted molar refractivity (Wildman–Crippen MR) is 111 cm³/mol. The molecule has 0 aromatic heterocycles. The molecule has 2 aromatic rings. The molecule has 3 rings (SSSR count). The summed E-state index contributed by atoms with van der Waals surface area (Å²) >= 11 is 0. The standard InChI is InChI=1S/C21H26N2O5S/c1-16-9-11-18(12-10-16)29(25,26)23(19-7-3-4-8-20(19)27-2)15-21(24)22-14-17-6-5-13-28-17/h3-4,7-12,17H,5-6,13-15H2,1-2H3,(H,22,24)/t17-/m0/s1. The van der Waals surface area contributed by atoms with E-state index in [9.17, 15) is 13.2 Å². The van der Waals surface area contributed by atoms with Crippen molar-refractivity contribution in [2.45, 2.75) is 30.8 Å². The Morgan fingerprint density at radius 1 is 1.21 bits per heavy atom. The number of hydrogen-bond donors (Lipinski definition) is 1. The van der Waals surface area contributed by atoms with E-state index in [0.29, 0.717) is 24.6 Å². The summed E-state index contributed by atoms with van der Waals surface area (Å²) in [6, 6.07) is 13.3. The summed E-state index contributed by atoms with van der Waals surface area (Å²) in [6.45, 7) is 2.58. The molecule has 156 valence electrons. The molecule has 0 bridgehead atoms. The minimum Gasteiger partial charge on any atom is -0.495 e. The number of methoxy groups -OCH3 is 1. The fraction of sp³-hybridized carbons (Fsp3) is 0.381. The topological polar surface area (TPSA) is 84.9 Å². The van der Waals surface area contributed by atoms with Gasteiger partial charge in [-0.15, -0.1) is 0 Å². The van der Waals surface area contributed by atoms with Crippen LogP contribution in [0.4, 0.5) is 5.69 Å². The smallest absolute Gasteiger partial charge is 0.264 e. The van der Waals surface area contributed by atoms with Gasteiger partial charge in [-0.1, -0.05) is 29.8 Å². The fourth-order valence-corrected chi connectivity index (χ4v) is 4.62. The summed E-state index contributed by atoms with van der Waals surface area (Å²) < 4.78 is 38.7. The van der Waals surface area contributed by atoms with Crippen molar-refractivity contribution in [2.24, 2.45) is 0 Å². The maximum absolute atomic E-state index is 13.4. The lowest BCUT2D eigenvalue weighted by atomic mass is 10.2. The van der Waals surface area contributed by atoms with Crippen molar-refractivity contribution in [2.75, 3.05) is 31.1 Å². The third-order valence-corrected chi connectivity index (χ3v) is 6.57.